The molecule has 20 heavy (non-hydrogen) atoms. The highest BCUT2D eigenvalue weighted by Crippen LogP contribution is 2.28. The van der Waals surface area contributed by atoms with Gasteiger partial charge in [0, 0.05) is 6.42 Å². The molecule has 0 bridgehead atoms. The molecule has 0 fully saturated rings. The van der Waals surface area contributed by atoms with Gasteiger partial charge in [0.2, 0.25) is 0 Å². The van der Waals surface area contributed by atoms with E-state index in [0.29, 0.717) is 23.8 Å². The second-order valence-electron chi connectivity index (χ2n) is 5.47. The van der Waals surface area contributed by atoms with E-state index < -0.39 is 0 Å². The summed E-state index contributed by atoms with van der Waals surface area (Å²) in [5.41, 5.74) is 1.79. The van der Waals surface area contributed by atoms with Crippen molar-refractivity contribution in [1.29, 1.82) is 0 Å². The van der Waals surface area contributed by atoms with Crippen LogP contribution < -0.4 is 0 Å². The van der Waals surface area contributed by atoms with Crippen molar-refractivity contribution in [3.8, 4) is 0 Å². The molecule has 3 nitrogen and oxygen atoms in total. The summed E-state index contributed by atoms with van der Waals surface area (Å²) in [5.74, 6) is 0.873. The molecule has 0 aliphatic heterocycles. The van der Waals surface area contributed by atoms with E-state index in [1.54, 1.807) is 19.1 Å². The van der Waals surface area contributed by atoms with Gasteiger partial charge in [0.05, 0.1) is 12.7 Å². The van der Waals surface area contributed by atoms with Gasteiger partial charge < -0.3 is 9.53 Å². The summed E-state index contributed by atoms with van der Waals surface area (Å²) in [5, 5.41) is 0. The number of hydrogen-bond acceptors (Lipinski definition) is 3. The molecule has 0 saturated carbocycles. The minimum absolute atomic E-state index is 0.257. The Morgan fingerprint density at radius 2 is 1.75 bits per heavy atom. The molecule has 0 heterocycles. The molecular weight excluding hydrogens is 252 g/mol. The Bertz CT molecular complexity index is 448. The van der Waals surface area contributed by atoms with Gasteiger partial charge in [-0.25, -0.2) is 4.79 Å². The minimum Gasteiger partial charge on any atom is -0.465 e. The van der Waals surface area contributed by atoms with E-state index in [1.807, 2.05) is 12.1 Å². The SMILES string of the molecule is COC(=O)c1ccc(C(C)C(C)CCCC(C)=O)cc1. The maximum atomic E-state index is 11.4. The van der Waals surface area contributed by atoms with Crippen LogP contribution in [-0.4, -0.2) is 18.9 Å². The number of methoxy groups -OCH3 is 1. The molecular formula is C17H24O3. The minimum atomic E-state index is -0.307. The van der Waals surface area contributed by atoms with E-state index in [2.05, 4.69) is 18.6 Å². The normalized spacial score (nSPS) is 13.6. The average molecular weight is 276 g/mol. The first-order valence-corrected chi connectivity index (χ1v) is 7.13. The van der Waals surface area contributed by atoms with Crippen molar-refractivity contribution in [1.82, 2.24) is 0 Å². The number of carbonyl (C=O) groups is 2. The Hall–Kier alpha value is -1.64. The maximum absolute atomic E-state index is 11.4. The number of ketones is 1. The summed E-state index contributed by atoms with van der Waals surface area (Å²) in [6.45, 7) is 6.03. The Balaban J connectivity index is 2.60. The predicted molar refractivity (Wildman–Crippen MR) is 79.9 cm³/mol. The van der Waals surface area contributed by atoms with Gasteiger partial charge in [-0.1, -0.05) is 26.0 Å². The highest BCUT2D eigenvalue weighted by atomic mass is 16.5. The molecule has 1 aromatic carbocycles. The number of Topliss-reactive ketones (excluding diaryl/α,β-unsaturated/α-hetero) is 1. The number of ether oxygens (including phenoxy) is 1. The first-order valence-electron chi connectivity index (χ1n) is 7.13. The Kier molecular flexibility index (Phi) is 6.43. The molecule has 0 saturated heterocycles. The third-order valence-electron chi connectivity index (χ3n) is 3.90. The molecule has 2 unspecified atom stereocenters. The van der Waals surface area contributed by atoms with Crippen molar-refractivity contribution < 1.29 is 14.3 Å². The van der Waals surface area contributed by atoms with E-state index in [4.69, 9.17) is 0 Å². The van der Waals surface area contributed by atoms with E-state index in [-0.39, 0.29) is 11.8 Å². The second-order valence-corrected chi connectivity index (χ2v) is 5.47. The second kappa shape index (κ2) is 7.83. The lowest BCUT2D eigenvalue weighted by atomic mass is 9.85. The number of rotatable bonds is 7. The van der Waals surface area contributed by atoms with Gasteiger partial charge in [-0.15, -0.1) is 0 Å². The van der Waals surface area contributed by atoms with Crippen LogP contribution in [0.15, 0.2) is 24.3 Å². The van der Waals surface area contributed by atoms with Gasteiger partial charge in [0.1, 0.15) is 5.78 Å². The van der Waals surface area contributed by atoms with Gasteiger partial charge in [0.25, 0.3) is 0 Å². The smallest absolute Gasteiger partial charge is 0.337 e. The zero-order chi connectivity index (χ0) is 15.1. The summed E-state index contributed by atoms with van der Waals surface area (Å²) in [6.07, 6.45) is 2.65. The molecule has 3 heteroatoms. The lowest BCUT2D eigenvalue weighted by Crippen LogP contribution is -2.08. The first-order chi connectivity index (χ1) is 9.45. The number of hydrogen-bond donors (Lipinski definition) is 0. The Labute approximate surface area is 121 Å². The van der Waals surface area contributed by atoms with Crippen molar-refractivity contribution in [2.75, 3.05) is 7.11 Å². The fraction of sp³-hybridized carbons (Fsp3) is 0.529. The molecule has 0 radical (unpaired) electrons. The van der Waals surface area contributed by atoms with Crippen LogP contribution in [0.1, 0.15) is 61.9 Å². The molecule has 0 aromatic heterocycles. The van der Waals surface area contributed by atoms with E-state index >= 15 is 0 Å². The molecule has 0 aliphatic rings. The van der Waals surface area contributed by atoms with Crippen LogP contribution in [0.25, 0.3) is 0 Å². The van der Waals surface area contributed by atoms with Crippen LogP contribution >= 0.6 is 0 Å². The van der Waals surface area contributed by atoms with Crippen LogP contribution in [0.5, 0.6) is 0 Å². The van der Waals surface area contributed by atoms with Gasteiger partial charge in [-0.3, -0.25) is 0 Å². The lowest BCUT2D eigenvalue weighted by Gasteiger charge is -2.20. The quantitative estimate of drug-likeness (QED) is 0.708. The van der Waals surface area contributed by atoms with Crippen LogP contribution in [0.3, 0.4) is 0 Å². The van der Waals surface area contributed by atoms with E-state index in [1.165, 1.54) is 12.7 Å². The van der Waals surface area contributed by atoms with Crippen LogP contribution in [0.4, 0.5) is 0 Å². The van der Waals surface area contributed by atoms with Crippen molar-refractivity contribution >= 4 is 11.8 Å². The summed E-state index contributed by atoms with van der Waals surface area (Å²) in [7, 11) is 1.38. The van der Waals surface area contributed by atoms with Crippen LogP contribution in [0, 0.1) is 5.92 Å². The van der Waals surface area contributed by atoms with Gasteiger partial charge in [-0.05, 0) is 49.3 Å². The third kappa shape index (κ3) is 4.80. The molecule has 1 rings (SSSR count). The average Bonchev–Trinajstić information content (AvgIpc) is 2.45. The fourth-order valence-corrected chi connectivity index (χ4v) is 2.29. The Morgan fingerprint density at radius 1 is 1.15 bits per heavy atom. The maximum Gasteiger partial charge on any atom is 0.337 e. The third-order valence-corrected chi connectivity index (χ3v) is 3.90. The standard InChI is InChI=1S/C17H24O3/c1-12(6-5-7-13(2)18)14(3)15-8-10-16(11-9-15)17(19)20-4/h8-12,14H,5-7H2,1-4H3. The molecule has 0 N–H and O–H groups in total. The summed E-state index contributed by atoms with van der Waals surface area (Å²) in [4.78, 5) is 22.3. The highest BCUT2D eigenvalue weighted by molar-refractivity contribution is 5.89. The van der Waals surface area contributed by atoms with Gasteiger partial charge >= 0.3 is 5.97 Å². The molecule has 2 atom stereocenters. The predicted octanol–water partition coefficient (Wildman–Crippen LogP) is 3.97. The highest BCUT2D eigenvalue weighted by Gasteiger charge is 2.15. The largest absolute Gasteiger partial charge is 0.465 e. The fourth-order valence-electron chi connectivity index (χ4n) is 2.29. The Morgan fingerprint density at radius 3 is 2.25 bits per heavy atom. The number of carbonyl (C=O) groups excluding carboxylic acids is 2. The van der Waals surface area contributed by atoms with Crippen molar-refractivity contribution in [3.63, 3.8) is 0 Å². The summed E-state index contributed by atoms with van der Waals surface area (Å²) >= 11 is 0. The van der Waals surface area contributed by atoms with Gasteiger partial charge in [-0.2, -0.15) is 0 Å². The van der Waals surface area contributed by atoms with E-state index in [0.717, 1.165) is 12.8 Å². The van der Waals surface area contributed by atoms with E-state index in [9.17, 15) is 9.59 Å². The molecule has 0 amide bonds. The monoisotopic (exact) mass is 276 g/mol. The van der Waals surface area contributed by atoms with Crippen LogP contribution in [-0.2, 0) is 9.53 Å². The van der Waals surface area contributed by atoms with Gasteiger partial charge in [0.15, 0.2) is 0 Å². The summed E-state index contributed by atoms with van der Waals surface area (Å²) < 4.78 is 4.69. The lowest BCUT2D eigenvalue weighted by molar-refractivity contribution is -0.117. The molecule has 1 aromatic rings. The molecule has 0 aliphatic carbocycles. The molecule has 110 valence electrons. The van der Waals surface area contributed by atoms with Crippen molar-refractivity contribution in [3.05, 3.63) is 35.4 Å². The zero-order valence-electron chi connectivity index (χ0n) is 12.8. The van der Waals surface area contributed by atoms with Crippen molar-refractivity contribution in [2.24, 2.45) is 5.92 Å². The molecule has 0 spiro atoms. The number of benzene rings is 1. The van der Waals surface area contributed by atoms with Crippen molar-refractivity contribution in [2.45, 2.75) is 46.0 Å². The zero-order valence-corrected chi connectivity index (χ0v) is 12.8. The first kappa shape index (κ1) is 16.4. The summed E-state index contributed by atoms with van der Waals surface area (Å²) in [6, 6.07) is 7.58. The topological polar surface area (TPSA) is 43.4 Å². The number of esters is 1. The van der Waals surface area contributed by atoms with Crippen LogP contribution in [0.2, 0.25) is 0 Å².